The lowest BCUT2D eigenvalue weighted by Crippen LogP contribution is -2.26. The Labute approximate surface area is 177 Å². The summed E-state index contributed by atoms with van der Waals surface area (Å²) in [4.78, 5) is 17.5. The Hall–Kier alpha value is -2.63. The van der Waals surface area contributed by atoms with Gasteiger partial charge in [-0.15, -0.1) is 0 Å². The van der Waals surface area contributed by atoms with E-state index in [0.29, 0.717) is 43.6 Å². The maximum Gasteiger partial charge on any atom is 0.169 e. The van der Waals surface area contributed by atoms with Gasteiger partial charge in [0.2, 0.25) is 0 Å². The molecule has 0 N–H and O–H groups in total. The van der Waals surface area contributed by atoms with Crippen LogP contribution in [0.15, 0.2) is 36.5 Å². The lowest BCUT2D eigenvalue weighted by molar-refractivity contribution is -0.117. The lowest BCUT2D eigenvalue weighted by Gasteiger charge is -2.19. The van der Waals surface area contributed by atoms with E-state index in [-0.39, 0.29) is 23.6 Å². The molecular weight excluding hydrogens is 383 g/mol. The van der Waals surface area contributed by atoms with Crippen LogP contribution in [0.1, 0.15) is 51.0 Å². The van der Waals surface area contributed by atoms with Crippen molar-refractivity contribution in [2.24, 2.45) is 5.92 Å². The topological polar surface area (TPSA) is 51.7 Å². The highest BCUT2D eigenvalue weighted by molar-refractivity contribution is 5.76. The molecule has 1 saturated heterocycles. The molecule has 2 fully saturated rings. The number of rotatable bonds is 9. The number of Topliss-reactive ketones (excluding diaryl/α,β-unsaturated/α-hetero) is 1. The second-order valence-corrected chi connectivity index (χ2v) is 8.58. The van der Waals surface area contributed by atoms with E-state index in [9.17, 15) is 9.18 Å². The average Bonchev–Trinajstić information content (AvgIpc) is 3.44. The maximum absolute atomic E-state index is 14.6. The normalized spacial score (nSPS) is 19.6. The molecule has 160 valence electrons. The summed E-state index contributed by atoms with van der Waals surface area (Å²) in [5.41, 5.74) is 1.13. The van der Waals surface area contributed by atoms with Crippen molar-refractivity contribution in [2.75, 3.05) is 24.6 Å². The molecule has 1 aliphatic heterocycles. The molecule has 2 atom stereocenters. The molecule has 1 saturated carbocycles. The van der Waals surface area contributed by atoms with Crippen LogP contribution in [0.5, 0.6) is 11.5 Å². The number of nitrogens with zero attached hydrogens (tertiary/aromatic N) is 2. The van der Waals surface area contributed by atoms with Crippen LogP contribution < -0.4 is 14.4 Å². The first-order chi connectivity index (χ1) is 14.5. The predicted molar refractivity (Wildman–Crippen MR) is 114 cm³/mol. The van der Waals surface area contributed by atoms with Crippen LogP contribution in [0, 0.1) is 11.7 Å². The molecule has 2 aromatic rings. The summed E-state index contributed by atoms with van der Waals surface area (Å²) in [6, 6.07) is 9.34. The molecule has 0 radical (unpaired) electrons. The highest BCUT2D eigenvalue weighted by Crippen LogP contribution is 2.31. The van der Waals surface area contributed by atoms with Crippen molar-refractivity contribution in [3.63, 3.8) is 0 Å². The molecule has 2 heterocycles. The number of benzene rings is 1. The molecule has 0 spiro atoms. The first kappa shape index (κ1) is 20.6. The van der Waals surface area contributed by atoms with Crippen LogP contribution >= 0.6 is 0 Å². The SMILES string of the molecule is CC(=O)C[C@@H](C)c1ccc(OC2CCN(c3ncc(OCC4CC4)cc3F)C2)cc1. The van der Waals surface area contributed by atoms with E-state index in [0.717, 1.165) is 17.7 Å². The molecule has 6 heteroatoms. The van der Waals surface area contributed by atoms with Crippen LogP contribution in [0.4, 0.5) is 10.2 Å². The Bertz CT molecular complexity index is 883. The van der Waals surface area contributed by atoms with Crippen LogP contribution in [0.2, 0.25) is 0 Å². The monoisotopic (exact) mass is 412 g/mol. The number of carbonyl (C=O) groups excluding carboxylic acids is 1. The van der Waals surface area contributed by atoms with Crippen molar-refractivity contribution in [1.82, 2.24) is 4.98 Å². The number of pyridine rings is 1. The van der Waals surface area contributed by atoms with Crippen LogP contribution in [-0.2, 0) is 4.79 Å². The Kier molecular flexibility index (Phi) is 6.21. The zero-order valence-electron chi connectivity index (χ0n) is 17.6. The minimum Gasteiger partial charge on any atom is -0.492 e. The number of ether oxygens (including phenoxy) is 2. The van der Waals surface area contributed by atoms with Gasteiger partial charge in [-0.05, 0) is 49.3 Å². The van der Waals surface area contributed by atoms with Gasteiger partial charge < -0.3 is 19.2 Å². The first-order valence-corrected chi connectivity index (χ1v) is 10.8. The highest BCUT2D eigenvalue weighted by atomic mass is 19.1. The molecule has 1 aliphatic carbocycles. The van der Waals surface area contributed by atoms with E-state index in [1.807, 2.05) is 29.2 Å². The van der Waals surface area contributed by atoms with Crippen LogP contribution in [0.3, 0.4) is 0 Å². The predicted octanol–water partition coefficient (Wildman–Crippen LogP) is 4.75. The number of hydrogen-bond acceptors (Lipinski definition) is 5. The Morgan fingerprint density at radius 3 is 2.67 bits per heavy atom. The van der Waals surface area contributed by atoms with E-state index in [2.05, 4.69) is 11.9 Å². The molecule has 1 aromatic carbocycles. The molecule has 5 nitrogen and oxygen atoms in total. The third kappa shape index (κ3) is 5.29. The Morgan fingerprint density at radius 2 is 2.00 bits per heavy atom. The number of hydrogen-bond donors (Lipinski definition) is 0. The molecular formula is C24H29FN2O3. The maximum atomic E-state index is 14.6. The molecule has 4 rings (SSSR count). The third-order valence-electron chi connectivity index (χ3n) is 5.77. The van der Waals surface area contributed by atoms with E-state index in [1.165, 1.54) is 18.9 Å². The molecule has 0 bridgehead atoms. The van der Waals surface area contributed by atoms with Crippen molar-refractivity contribution in [1.29, 1.82) is 0 Å². The standard InChI is InChI=1S/C24H29FN2O3/c1-16(11-17(2)28)19-5-7-20(8-6-19)30-21-9-10-27(14-21)24-23(25)12-22(13-26-24)29-15-18-3-4-18/h5-8,12-13,16,18,21H,3-4,9-11,14-15H2,1-2H3/t16-,21?/m1/s1. The molecule has 1 unspecified atom stereocenters. The second-order valence-electron chi connectivity index (χ2n) is 8.58. The van der Waals surface area contributed by atoms with Crippen molar-refractivity contribution < 1.29 is 18.7 Å². The molecule has 1 aromatic heterocycles. The molecule has 0 amide bonds. The lowest BCUT2D eigenvalue weighted by atomic mass is 9.96. The van der Waals surface area contributed by atoms with Gasteiger partial charge >= 0.3 is 0 Å². The largest absolute Gasteiger partial charge is 0.492 e. The number of ketones is 1. The fourth-order valence-electron chi connectivity index (χ4n) is 3.86. The number of anilines is 1. The Morgan fingerprint density at radius 1 is 1.23 bits per heavy atom. The van der Waals surface area contributed by atoms with Gasteiger partial charge in [0, 0.05) is 25.5 Å². The van der Waals surface area contributed by atoms with Gasteiger partial charge in [-0.2, -0.15) is 0 Å². The third-order valence-corrected chi connectivity index (χ3v) is 5.77. The van der Waals surface area contributed by atoms with E-state index in [4.69, 9.17) is 9.47 Å². The minimum absolute atomic E-state index is 0.0162. The van der Waals surface area contributed by atoms with Gasteiger partial charge in [0.1, 0.15) is 23.4 Å². The van der Waals surface area contributed by atoms with Gasteiger partial charge in [0.05, 0.1) is 19.3 Å². The fourth-order valence-corrected chi connectivity index (χ4v) is 3.86. The summed E-state index contributed by atoms with van der Waals surface area (Å²) in [5.74, 6) is 2.30. The van der Waals surface area contributed by atoms with Gasteiger partial charge in [0.15, 0.2) is 11.6 Å². The molecule has 30 heavy (non-hydrogen) atoms. The number of aromatic nitrogens is 1. The Balaban J connectivity index is 1.31. The second kappa shape index (κ2) is 9.02. The first-order valence-electron chi connectivity index (χ1n) is 10.8. The van der Waals surface area contributed by atoms with E-state index < -0.39 is 0 Å². The molecule has 2 aliphatic rings. The van der Waals surface area contributed by atoms with E-state index in [1.54, 1.807) is 13.1 Å². The summed E-state index contributed by atoms with van der Waals surface area (Å²) < 4.78 is 26.3. The summed E-state index contributed by atoms with van der Waals surface area (Å²) >= 11 is 0. The van der Waals surface area contributed by atoms with Crippen LogP contribution in [0.25, 0.3) is 0 Å². The smallest absolute Gasteiger partial charge is 0.169 e. The minimum atomic E-state index is -0.354. The van der Waals surface area contributed by atoms with Crippen molar-refractivity contribution in [3.05, 3.63) is 47.9 Å². The summed E-state index contributed by atoms with van der Waals surface area (Å²) in [6.45, 7) is 5.61. The van der Waals surface area contributed by atoms with Gasteiger partial charge in [0.25, 0.3) is 0 Å². The zero-order valence-corrected chi connectivity index (χ0v) is 17.6. The van der Waals surface area contributed by atoms with Crippen molar-refractivity contribution in [3.8, 4) is 11.5 Å². The number of halogens is 1. The van der Waals surface area contributed by atoms with Gasteiger partial charge in [-0.3, -0.25) is 0 Å². The number of carbonyl (C=O) groups is 1. The summed E-state index contributed by atoms with van der Waals surface area (Å²) in [5, 5.41) is 0. The highest BCUT2D eigenvalue weighted by Gasteiger charge is 2.27. The summed E-state index contributed by atoms with van der Waals surface area (Å²) in [6.07, 6.45) is 5.34. The van der Waals surface area contributed by atoms with Crippen molar-refractivity contribution >= 4 is 11.6 Å². The van der Waals surface area contributed by atoms with E-state index >= 15 is 0 Å². The van der Waals surface area contributed by atoms with Gasteiger partial charge in [-0.1, -0.05) is 19.1 Å². The fraction of sp³-hybridized carbons (Fsp3) is 0.500. The average molecular weight is 413 g/mol. The summed E-state index contributed by atoms with van der Waals surface area (Å²) in [7, 11) is 0. The van der Waals surface area contributed by atoms with Gasteiger partial charge in [-0.25, -0.2) is 9.37 Å². The van der Waals surface area contributed by atoms with Crippen LogP contribution in [-0.4, -0.2) is 36.6 Å². The zero-order chi connectivity index (χ0) is 21.1. The van der Waals surface area contributed by atoms with Crippen molar-refractivity contribution in [2.45, 2.75) is 51.6 Å². The quantitative estimate of drug-likeness (QED) is 0.595.